The second-order valence-electron chi connectivity index (χ2n) is 4.26. The number of hydrogen-bond donors (Lipinski definition) is 0. The number of hydrogen-bond acceptors (Lipinski definition) is 1. The van der Waals surface area contributed by atoms with Gasteiger partial charge in [-0.2, -0.15) is 0 Å². The van der Waals surface area contributed by atoms with Gasteiger partial charge in [-0.1, -0.05) is 118 Å². The molecule has 0 saturated carbocycles. The van der Waals surface area contributed by atoms with E-state index in [1.165, 1.54) is 17.8 Å². The highest BCUT2D eigenvalue weighted by Crippen LogP contribution is 2.52. The summed E-state index contributed by atoms with van der Waals surface area (Å²) in [5.41, 5.74) is 0.606. The molecule has 0 N–H and O–H groups in total. The third kappa shape index (κ3) is 5.48. The molecule has 0 radical (unpaired) electrons. The van der Waals surface area contributed by atoms with Crippen molar-refractivity contribution in [3.8, 4) is 11.1 Å². The molecule has 0 atom stereocenters. The standard InChI is InChI=1S/C12HCl9.C4H6S/c13-3-1-2(5(14)9(18)6(3)15)4-7(16)10(19)12(21)11(20)8(4)17;1-3-5-4-2/h1H;3-4H,1-2H2. The lowest BCUT2D eigenvalue weighted by atomic mass is 10.1. The van der Waals surface area contributed by atoms with Crippen LogP contribution >= 0.6 is 116 Å². The second-order valence-corrected chi connectivity index (χ2v) is 8.63. The lowest BCUT2D eigenvalue weighted by molar-refractivity contribution is 1.61. The Morgan fingerprint density at radius 1 is 0.577 bits per heavy atom. The van der Waals surface area contributed by atoms with Gasteiger partial charge in [-0.25, -0.2) is 0 Å². The lowest BCUT2D eigenvalue weighted by Crippen LogP contribution is -1.89. The highest BCUT2D eigenvalue weighted by molar-refractivity contribution is 8.04. The highest BCUT2D eigenvalue weighted by Gasteiger charge is 2.24. The zero-order valence-corrected chi connectivity index (χ0v) is 20.1. The fourth-order valence-electron chi connectivity index (χ4n) is 1.66. The third-order valence-electron chi connectivity index (χ3n) is 2.77. The summed E-state index contributed by atoms with van der Waals surface area (Å²) < 4.78 is 0. The Hall–Kier alpha value is 0.880. The van der Waals surface area contributed by atoms with Crippen LogP contribution in [0, 0.1) is 0 Å². The molecule has 2 aromatic carbocycles. The first-order valence-electron chi connectivity index (χ1n) is 6.32. The van der Waals surface area contributed by atoms with E-state index in [-0.39, 0.29) is 50.8 Å². The van der Waals surface area contributed by atoms with Gasteiger partial charge in [0.1, 0.15) is 0 Å². The van der Waals surface area contributed by atoms with E-state index in [0.29, 0.717) is 5.56 Å². The van der Waals surface area contributed by atoms with Crippen LogP contribution in [0.2, 0.25) is 45.2 Å². The van der Waals surface area contributed by atoms with Crippen LogP contribution < -0.4 is 0 Å². The first kappa shape index (κ1) is 24.9. The molecule has 0 spiro atoms. The topological polar surface area (TPSA) is 0 Å². The predicted molar refractivity (Wildman–Crippen MR) is 125 cm³/mol. The molecule has 0 aromatic heterocycles. The van der Waals surface area contributed by atoms with Crippen LogP contribution in [-0.4, -0.2) is 0 Å². The van der Waals surface area contributed by atoms with Crippen LogP contribution in [0.4, 0.5) is 0 Å². The zero-order valence-electron chi connectivity index (χ0n) is 12.5. The summed E-state index contributed by atoms with van der Waals surface area (Å²) in [4.78, 5) is 0. The average molecular weight is 550 g/mol. The van der Waals surface area contributed by atoms with Crippen molar-refractivity contribution < 1.29 is 0 Å². The monoisotopic (exact) mass is 546 g/mol. The molecule has 2 rings (SSSR count). The molecule has 2 aromatic rings. The summed E-state index contributed by atoms with van der Waals surface area (Å²) in [5.74, 6) is 0. The molecule has 0 fully saturated rings. The molecular formula is C16H7Cl9S. The van der Waals surface area contributed by atoms with Crippen molar-refractivity contribution in [2.24, 2.45) is 0 Å². The summed E-state index contributed by atoms with van der Waals surface area (Å²) in [5, 5.41) is 4.21. The molecule has 0 aliphatic heterocycles. The Balaban J connectivity index is 0.000000597. The Kier molecular flexibility index (Phi) is 10.7. The molecule has 10 heteroatoms. The molecule has 0 saturated heterocycles. The maximum absolute atomic E-state index is 6.19. The van der Waals surface area contributed by atoms with Crippen LogP contribution in [0.5, 0.6) is 0 Å². The van der Waals surface area contributed by atoms with Gasteiger partial charge in [-0.3, -0.25) is 0 Å². The first-order chi connectivity index (χ1) is 12.1. The van der Waals surface area contributed by atoms with Crippen LogP contribution in [0.1, 0.15) is 0 Å². The SMILES string of the molecule is C=CSC=C.Clc1cc(-c2c(Cl)c(Cl)c(Cl)c(Cl)c2Cl)c(Cl)c(Cl)c1Cl. The normalized spacial score (nSPS) is 10.2. The highest BCUT2D eigenvalue weighted by atomic mass is 35.5. The van der Waals surface area contributed by atoms with Crippen LogP contribution in [0.3, 0.4) is 0 Å². The van der Waals surface area contributed by atoms with E-state index in [1.807, 2.05) is 0 Å². The molecule has 0 unspecified atom stereocenters. The van der Waals surface area contributed by atoms with Crippen molar-refractivity contribution in [3.63, 3.8) is 0 Å². The van der Waals surface area contributed by atoms with Gasteiger partial charge < -0.3 is 0 Å². The van der Waals surface area contributed by atoms with Gasteiger partial charge >= 0.3 is 0 Å². The third-order valence-corrected chi connectivity index (χ3v) is 7.19. The number of rotatable bonds is 3. The van der Waals surface area contributed by atoms with Crippen molar-refractivity contribution in [2.45, 2.75) is 0 Å². The molecule has 140 valence electrons. The summed E-state index contributed by atoms with van der Waals surface area (Å²) >= 11 is 56.0. The van der Waals surface area contributed by atoms with Gasteiger partial charge in [0.15, 0.2) is 0 Å². The maximum Gasteiger partial charge on any atom is 0.0809 e. The summed E-state index contributed by atoms with van der Waals surface area (Å²) in [7, 11) is 0. The molecule has 26 heavy (non-hydrogen) atoms. The number of halogens is 9. The maximum atomic E-state index is 6.19. The Morgan fingerprint density at radius 2 is 0.962 bits per heavy atom. The van der Waals surface area contributed by atoms with Crippen molar-refractivity contribution in [2.75, 3.05) is 0 Å². The Bertz CT molecular complexity index is 827. The lowest BCUT2D eigenvalue weighted by Gasteiger charge is -2.15. The first-order valence-corrected chi connectivity index (χ1v) is 10.7. The van der Waals surface area contributed by atoms with E-state index in [9.17, 15) is 0 Å². The van der Waals surface area contributed by atoms with Gasteiger partial charge in [0, 0.05) is 11.1 Å². The van der Waals surface area contributed by atoms with Crippen molar-refractivity contribution in [3.05, 3.63) is 75.2 Å². The fourth-order valence-corrected chi connectivity index (χ4v) is 4.04. The van der Waals surface area contributed by atoms with Gasteiger partial charge in [-0.15, -0.1) is 11.8 Å². The van der Waals surface area contributed by atoms with Crippen molar-refractivity contribution >= 4 is 116 Å². The molecule has 0 aliphatic rings. The van der Waals surface area contributed by atoms with Gasteiger partial charge in [0.2, 0.25) is 0 Å². The van der Waals surface area contributed by atoms with E-state index in [4.69, 9.17) is 104 Å². The Labute approximate surface area is 200 Å². The van der Waals surface area contributed by atoms with Gasteiger partial charge in [-0.05, 0) is 16.9 Å². The molecular weight excluding hydrogens is 543 g/mol. The van der Waals surface area contributed by atoms with Crippen LogP contribution in [-0.2, 0) is 0 Å². The summed E-state index contributed by atoms with van der Waals surface area (Å²) in [6, 6.07) is 1.46. The van der Waals surface area contributed by atoms with Crippen molar-refractivity contribution in [1.29, 1.82) is 0 Å². The van der Waals surface area contributed by atoms with E-state index in [1.54, 1.807) is 10.8 Å². The Morgan fingerprint density at radius 3 is 1.35 bits per heavy atom. The zero-order chi connectivity index (χ0) is 20.2. The second kappa shape index (κ2) is 11.2. The van der Waals surface area contributed by atoms with E-state index in [2.05, 4.69) is 13.2 Å². The van der Waals surface area contributed by atoms with E-state index in [0.717, 1.165) is 0 Å². The average Bonchev–Trinajstić information content (AvgIpc) is 2.62. The molecule has 0 amide bonds. The molecule has 0 nitrogen and oxygen atoms in total. The smallest absolute Gasteiger partial charge is 0.0809 e. The number of thioether (sulfide) groups is 1. The van der Waals surface area contributed by atoms with E-state index >= 15 is 0 Å². The van der Waals surface area contributed by atoms with Crippen LogP contribution in [0.15, 0.2) is 30.0 Å². The van der Waals surface area contributed by atoms with E-state index < -0.39 is 0 Å². The largest absolute Gasteiger partial charge is 0.107 e. The molecule has 0 aliphatic carbocycles. The predicted octanol–water partition coefficient (Wildman–Crippen LogP) is 11.2. The molecule has 0 bridgehead atoms. The van der Waals surface area contributed by atoms with Gasteiger partial charge in [0.05, 0.1) is 45.2 Å². The van der Waals surface area contributed by atoms with Crippen molar-refractivity contribution in [1.82, 2.24) is 0 Å². The quantitative estimate of drug-likeness (QED) is 0.271. The fraction of sp³-hybridized carbons (Fsp3) is 0. The minimum absolute atomic E-state index is 0.0411. The van der Waals surface area contributed by atoms with Gasteiger partial charge in [0.25, 0.3) is 0 Å². The summed E-state index contributed by atoms with van der Waals surface area (Å²) in [6.07, 6.45) is 0. The summed E-state index contributed by atoms with van der Waals surface area (Å²) in [6.45, 7) is 6.88. The minimum atomic E-state index is 0.0411. The molecule has 0 heterocycles. The number of benzene rings is 2. The van der Waals surface area contributed by atoms with Crippen LogP contribution in [0.25, 0.3) is 11.1 Å². The minimum Gasteiger partial charge on any atom is -0.107 e.